The van der Waals surface area contributed by atoms with Crippen molar-refractivity contribution >= 4 is 23.2 Å². The molecule has 1 aromatic carbocycles. The van der Waals surface area contributed by atoms with Gasteiger partial charge in [0.05, 0.1) is 16.9 Å². The highest BCUT2D eigenvalue weighted by molar-refractivity contribution is 6.31. The second-order valence-electron chi connectivity index (χ2n) is 4.11. The van der Waals surface area contributed by atoms with Crippen LogP contribution in [0.25, 0.3) is 0 Å². The van der Waals surface area contributed by atoms with Crippen molar-refractivity contribution in [1.29, 1.82) is 0 Å². The standard InChI is InChI=1S/C13H13Cl2FN2O/c1-2-18-13(10(15)7-17-18)12(19)6-8-9(14)4-3-5-11(8)16/h3-5,7,12,19H,2,6H2,1H3. The Hall–Kier alpha value is -1.10. The molecule has 0 fully saturated rings. The van der Waals surface area contributed by atoms with Gasteiger partial charge in [-0.1, -0.05) is 29.3 Å². The maximum Gasteiger partial charge on any atom is 0.127 e. The van der Waals surface area contributed by atoms with Crippen molar-refractivity contribution in [1.82, 2.24) is 9.78 Å². The molecule has 0 spiro atoms. The maximum atomic E-state index is 13.7. The van der Waals surface area contributed by atoms with Crippen LogP contribution < -0.4 is 0 Å². The minimum Gasteiger partial charge on any atom is -0.386 e. The Morgan fingerprint density at radius 3 is 2.74 bits per heavy atom. The summed E-state index contributed by atoms with van der Waals surface area (Å²) >= 11 is 11.9. The summed E-state index contributed by atoms with van der Waals surface area (Å²) in [5.41, 5.74) is 0.750. The Kier molecular flexibility index (Phi) is 4.45. The lowest BCUT2D eigenvalue weighted by Gasteiger charge is -2.14. The fraction of sp³-hybridized carbons (Fsp3) is 0.308. The maximum absolute atomic E-state index is 13.7. The number of aliphatic hydroxyl groups excluding tert-OH is 1. The van der Waals surface area contributed by atoms with E-state index in [1.165, 1.54) is 18.3 Å². The number of aromatic nitrogens is 2. The average Bonchev–Trinajstić information content (AvgIpc) is 2.75. The van der Waals surface area contributed by atoms with Gasteiger partial charge in [-0.3, -0.25) is 4.68 Å². The lowest BCUT2D eigenvalue weighted by molar-refractivity contribution is 0.166. The van der Waals surface area contributed by atoms with Crippen molar-refractivity contribution in [2.75, 3.05) is 0 Å². The van der Waals surface area contributed by atoms with E-state index in [9.17, 15) is 9.50 Å². The Bertz CT molecular complexity index is 566. The number of nitrogens with zero attached hydrogens (tertiary/aromatic N) is 2. The molecule has 1 atom stereocenters. The van der Waals surface area contributed by atoms with Gasteiger partial charge in [0.1, 0.15) is 11.9 Å². The molecule has 102 valence electrons. The summed E-state index contributed by atoms with van der Waals surface area (Å²) in [5, 5.41) is 14.9. The summed E-state index contributed by atoms with van der Waals surface area (Å²) in [7, 11) is 0. The lowest BCUT2D eigenvalue weighted by atomic mass is 10.0. The van der Waals surface area contributed by atoms with Crippen LogP contribution >= 0.6 is 23.2 Å². The largest absolute Gasteiger partial charge is 0.386 e. The minimum absolute atomic E-state index is 0.0525. The van der Waals surface area contributed by atoms with Crippen LogP contribution in [0.3, 0.4) is 0 Å². The van der Waals surface area contributed by atoms with Crippen LogP contribution in [0.15, 0.2) is 24.4 Å². The van der Waals surface area contributed by atoms with E-state index in [0.717, 1.165) is 0 Å². The first-order valence-electron chi connectivity index (χ1n) is 5.86. The van der Waals surface area contributed by atoms with Gasteiger partial charge in [-0.05, 0) is 19.1 Å². The first-order valence-corrected chi connectivity index (χ1v) is 6.62. The van der Waals surface area contributed by atoms with Crippen molar-refractivity contribution in [3.63, 3.8) is 0 Å². The normalized spacial score (nSPS) is 12.7. The first kappa shape index (κ1) is 14.3. The molecule has 2 aromatic rings. The van der Waals surface area contributed by atoms with Gasteiger partial charge >= 0.3 is 0 Å². The monoisotopic (exact) mass is 302 g/mol. The van der Waals surface area contributed by atoms with Gasteiger partial charge in [0.2, 0.25) is 0 Å². The predicted octanol–water partition coefficient (Wildman–Crippen LogP) is 3.63. The zero-order valence-electron chi connectivity index (χ0n) is 10.3. The Morgan fingerprint density at radius 1 is 1.37 bits per heavy atom. The molecule has 0 aliphatic carbocycles. The van der Waals surface area contributed by atoms with Crippen molar-refractivity contribution in [3.05, 3.63) is 51.5 Å². The summed E-state index contributed by atoms with van der Waals surface area (Å²) in [6.45, 7) is 2.46. The highest BCUT2D eigenvalue weighted by atomic mass is 35.5. The third-order valence-corrected chi connectivity index (χ3v) is 3.55. The second kappa shape index (κ2) is 5.90. The molecule has 0 bridgehead atoms. The quantitative estimate of drug-likeness (QED) is 0.936. The molecule has 0 radical (unpaired) electrons. The smallest absolute Gasteiger partial charge is 0.127 e. The van der Waals surface area contributed by atoms with Gasteiger partial charge < -0.3 is 5.11 Å². The number of hydrogen-bond donors (Lipinski definition) is 1. The lowest BCUT2D eigenvalue weighted by Crippen LogP contribution is -2.11. The van der Waals surface area contributed by atoms with E-state index >= 15 is 0 Å². The fourth-order valence-corrected chi connectivity index (χ4v) is 2.48. The Morgan fingerprint density at radius 2 is 2.11 bits per heavy atom. The van der Waals surface area contributed by atoms with Crippen molar-refractivity contribution in [2.24, 2.45) is 0 Å². The van der Waals surface area contributed by atoms with Gasteiger partial charge in [-0.15, -0.1) is 0 Å². The summed E-state index contributed by atoms with van der Waals surface area (Å²) in [6.07, 6.45) is 0.563. The number of aliphatic hydroxyl groups is 1. The highest BCUT2D eigenvalue weighted by Gasteiger charge is 2.20. The molecule has 1 aromatic heterocycles. The minimum atomic E-state index is -0.954. The fourth-order valence-electron chi connectivity index (χ4n) is 1.97. The van der Waals surface area contributed by atoms with Gasteiger partial charge in [0.25, 0.3) is 0 Å². The summed E-state index contributed by atoms with van der Waals surface area (Å²) in [6, 6.07) is 4.43. The highest BCUT2D eigenvalue weighted by Crippen LogP contribution is 2.29. The Labute approximate surface area is 120 Å². The van der Waals surface area contributed by atoms with Gasteiger partial charge in [-0.2, -0.15) is 5.10 Å². The summed E-state index contributed by atoms with van der Waals surface area (Å²) < 4.78 is 15.3. The van der Waals surface area contributed by atoms with E-state index in [1.807, 2.05) is 6.92 Å². The molecular weight excluding hydrogens is 290 g/mol. The van der Waals surface area contributed by atoms with Crippen LogP contribution in [-0.2, 0) is 13.0 Å². The van der Waals surface area contributed by atoms with Crippen LogP contribution in [0.2, 0.25) is 10.0 Å². The molecule has 0 aliphatic rings. The number of aryl methyl sites for hydroxylation is 1. The van der Waals surface area contributed by atoms with Gasteiger partial charge in [0, 0.05) is 23.6 Å². The summed E-state index contributed by atoms with van der Waals surface area (Å²) in [5.74, 6) is -0.440. The number of halogens is 3. The van der Waals surface area contributed by atoms with Crippen molar-refractivity contribution in [2.45, 2.75) is 26.0 Å². The van der Waals surface area contributed by atoms with E-state index < -0.39 is 11.9 Å². The van der Waals surface area contributed by atoms with Crippen LogP contribution in [-0.4, -0.2) is 14.9 Å². The van der Waals surface area contributed by atoms with Gasteiger partial charge in [0.15, 0.2) is 0 Å². The van der Waals surface area contributed by atoms with E-state index in [4.69, 9.17) is 23.2 Å². The molecule has 1 N–H and O–H groups in total. The van der Waals surface area contributed by atoms with E-state index in [2.05, 4.69) is 5.10 Å². The number of benzene rings is 1. The molecule has 0 amide bonds. The molecule has 3 nitrogen and oxygen atoms in total. The van der Waals surface area contributed by atoms with E-state index in [0.29, 0.717) is 17.3 Å². The molecule has 6 heteroatoms. The summed E-state index contributed by atoms with van der Waals surface area (Å²) in [4.78, 5) is 0. The van der Waals surface area contributed by atoms with E-state index in [-0.39, 0.29) is 17.0 Å². The average molecular weight is 303 g/mol. The molecule has 1 heterocycles. The predicted molar refractivity (Wildman–Crippen MR) is 73.0 cm³/mol. The van der Waals surface area contributed by atoms with Crippen LogP contribution in [0.1, 0.15) is 24.3 Å². The topological polar surface area (TPSA) is 38.0 Å². The SMILES string of the molecule is CCn1ncc(Cl)c1C(O)Cc1c(F)cccc1Cl. The van der Waals surface area contributed by atoms with E-state index in [1.54, 1.807) is 10.7 Å². The zero-order valence-corrected chi connectivity index (χ0v) is 11.8. The molecule has 0 saturated heterocycles. The van der Waals surface area contributed by atoms with Crippen molar-refractivity contribution < 1.29 is 9.50 Å². The second-order valence-corrected chi connectivity index (χ2v) is 4.93. The van der Waals surface area contributed by atoms with Gasteiger partial charge in [-0.25, -0.2) is 4.39 Å². The third kappa shape index (κ3) is 2.91. The van der Waals surface area contributed by atoms with Crippen LogP contribution in [0.4, 0.5) is 4.39 Å². The third-order valence-electron chi connectivity index (χ3n) is 2.91. The molecule has 0 saturated carbocycles. The molecule has 19 heavy (non-hydrogen) atoms. The molecule has 0 aliphatic heterocycles. The van der Waals surface area contributed by atoms with Crippen LogP contribution in [0, 0.1) is 5.82 Å². The first-order chi connectivity index (χ1) is 9.04. The molecule has 2 rings (SSSR count). The molecular formula is C13H13Cl2FN2O. The van der Waals surface area contributed by atoms with Crippen LogP contribution in [0.5, 0.6) is 0 Å². The number of rotatable bonds is 4. The zero-order chi connectivity index (χ0) is 14.0. The van der Waals surface area contributed by atoms with Crippen molar-refractivity contribution in [3.8, 4) is 0 Å². The number of hydrogen-bond acceptors (Lipinski definition) is 2. The molecule has 1 unspecified atom stereocenters. The Balaban J connectivity index is 2.31.